The van der Waals surface area contributed by atoms with E-state index in [1.54, 1.807) is 12.1 Å². The van der Waals surface area contributed by atoms with Gasteiger partial charge in [-0.05, 0) is 51.0 Å². The zero-order valence-electron chi connectivity index (χ0n) is 14.4. The average Bonchev–Trinajstić information content (AvgIpc) is 2.53. The van der Waals surface area contributed by atoms with Gasteiger partial charge in [-0.25, -0.2) is 0 Å². The van der Waals surface area contributed by atoms with E-state index in [1.807, 2.05) is 12.1 Å². The van der Waals surface area contributed by atoms with E-state index in [2.05, 4.69) is 42.0 Å². The van der Waals surface area contributed by atoms with Crippen LogP contribution in [0.25, 0.3) is 0 Å². The number of rotatable bonds is 6. The molecule has 2 rings (SSSR count). The Kier molecular flexibility index (Phi) is 7.12. The first-order valence-corrected chi connectivity index (χ1v) is 9.01. The Labute approximate surface area is 149 Å². The maximum atomic E-state index is 12.1. The Morgan fingerprint density at radius 2 is 1.75 bits per heavy atom. The summed E-state index contributed by atoms with van der Waals surface area (Å²) in [5.74, 6) is -0.121. The van der Waals surface area contributed by atoms with E-state index < -0.39 is 0 Å². The molecule has 0 bridgehead atoms. The van der Waals surface area contributed by atoms with E-state index in [0.29, 0.717) is 25.2 Å². The van der Waals surface area contributed by atoms with Crippen LogP contribution in [0.5, 0.6) is 0 Å². The maximum absolute atomic E-state index is 12.1. The third-order valence-electron chi connectivity index (χ3n) is 4.53. The van der Waals surface area contributed by atoms with Crippen molar-refractivity contribution in [3.8, 4) is 0 Å². The van der Waals surface area contributed by atoms with Crippen molar-refractivity contribution in [3.05, 3.63) is 24.3 Å². The second kappa shape index (κ2) is 9.08. The number of thiol groups is 1. The molecule has 0 aliphatic carbocycles. The molecule has 24 heavy (non-hydrogen) atoms. The molecule has 0 radical (unpaired) electrons. The lowest BCUT2D eigenvalue weighted by atomic mass is 9.97. The number of carbonyl (C=O) groups excluding carboxylic acids is 2. The van der Waals surface area contributed by atoms with Crippen LogP contribution in [0, 0.1) is 0 Å². The summed E-state index contributed by atoms with van der Waals surface area (Å²) in [4.78, 5) is 27.1. The highest BCUT2D eigenvalue weighted by Crippen LogP contribution is 2.21. The van der Waals surface area contributed by atoms with Gasteiger partial charge >= 0.3 is 0 Å². The zero-order chi connectivity index (χ0) is 17.5. The van der Waals surface area contributed by atoms with Crippen LogP contribution in [0.1, 0.15) is 39.5 Å². The van der Waals surface area contributed by atoms with Crippen molar-refractivity contribution in [3.63, 3.8) is 0 Å². The number of benzene rings is 1. The van der Waals surface area contributed by atoms with Gasteiger partial charge in [0.1, 0.15) is 0 Å². The van der Waals surface area contributed by atoms with Gasteiger partial charge in [0, 0.05) is 35.6 Å². The first-order valence-electron chi connectivity index (χ1n) is 8.57. The number of likely N-dealkylation sites (tertiary alicyclic amines) is 1. The standard InChI is InChI=1S/C18H27N3O2S/c1-13-4-3-5-14(2)21(13)12-18(23)19-11-10-17(22)20-15-6-8-16(24)9-7-15/h6-9,13-14,24H,3-5,10-12H2,1-2H3,(H,19,23)(H,20,22). The van der Waals surface area contributed by atoms with E-state index in [-0.39, 0.29) is 18.2 Å². The molecule has 1 aliphatic heterocycles. The van der Waals surface area contributed by atoms with E-state index in [4.69, 9.17) is 0 Å². The Bertz CT molecular complexity index is 552. The van der Waals surface area contributed by atoms with E-state index in [1.165, 1.54) is 6.42 Å². The summed E-state index contributed by atoms with van der Waals surface area (Å²) in [7, 11) is 0. The highest BCUT2D eigenvalue weighted by molar-refractivity contribution is 7.80. The molecule has 2 amide bonds. The Morgan fingerprint density at radius 1 is 1.12 bits per heavy atom. The summed E-state index contributed by atoms with van der Waals surface area (Å²) in [6.07, 6.45) is 3.78. The molecule has 1 aromatic rings. The number of hydrogen-bond acceptors (Lipinski definition) is 4. The number of anilines is 1. The normalized spacial score (nSPS) is 21.3. The molecular weight excluding hydrogens is 322 g/mol. The van der Waals surface area contributed by atoms with Crippen molar-refractivity contribution < 1.29 is 9.59 Å². The van der Waals surface area contributed by atoms with Gasteiger partial charge < -0.3 is 10.6 Å². The van der Waals surface area contributed by atoms with Crippen molar-refractivity contribution in [1.82, 2.24) is 10.2 Å². The lowest BCUT2D eigenvalue weighted by molar-refractivity contribution is -0.124. The molecule has 0 saturated carbocycles. The molecule has 1 heterocycles. The van der Waals surface area contributed by atoms with Crippen LogP contribution < -0.4 is 10.6 Å². The number of amides is 2. The molecule has 1 aromatic carbocycles. The molecule has 6 heteroatoms. The minimum Gasteiger partial charge on any atom is -0.354 e. The topological polar surface area (TPSA) is 61.4 Å². The molecular formula is C18H27N3O2S. The zero-order valence-corrected chi connectivity index (χ0v) is 15.3. The third-order valence-corrected chi connectivity index (χ3v) is 4.83. The number of nitrogens with zero attached hydrogens (tertiary/aromatic N) is 1. The fourth-order valence-electron chi connectivity index (χ4n) is 3.09. The maximum Gasteiger partial charge on any atom is 0.234 e. The molecule has 1 aliphatic rings. The summed E-state index contributed by atoms with van der Waals surface area (Å²) in [5.41, 5.74) is 0.736. The van der Waals surface area contributed by atoms with Crippen molar-refractivity contribution in [2.45, 2.75) is 56.5 Å². The minimum absolute atomic E-state index is 0.0113. The van der Waals surface area contributed by atoms with Crippen LogP contribution in [0.3, 0.4) is 0 Å². The van der Waals surface area contributed by atoms with Crippen LogP contribution in [-0.2, 0) is 9.59 Å². The van der Waals surface area contributed by atoms with Gasteiger partial charge in [-0.1, -0.05) is 6.42 Å². The summed E-state index contributed by atoms with van der Waals surface area (Å²) < 4.78 is 0. The minimum atomic E-state index is -0.109. The second-order valence-corrected chi connectivity index (χ2v) is 7.01. The van der Waals surface area contributed by atoms with Crippen molar-refractivity contribution >= 4 is 30.1 Å². The number of hydrogen-bond donors (Lipinski definition) is 3. The van der Waals surface area contributed by atoms with Crippen LogP contribution in [0.4, 0.5) is 5.69 Å². The van der Waals surface area contributed by atoms with Gasteiger partial charge in [0.05, 0.1) is 6.54 Å². The van der Waals surface area contributed by atoms with E-state index in [9.17, 15) is 9.59 Å². The predicted molar refractivity (Wildman–Crippen MR) is 99.4 cm³/mol. The summed E-state index contributed by atoms with van der Waals surface area (Å²) in [6.45, 7) is 5.11. The molecule has 0 spiro atoms. The number of carbonyl (C=O) groups is 2. The Balaban J connectivity index is 1.68. The summed E-state index contributed by atoms with van der Waals surface area (Å²) in [6, 6.07) is 8.13. The lowest BCUT2D eigenvalue weighted by Gasteiger charge is -2.38. The fourth-order valence-corrected chi connectivity index (χ4v) is 3.24. The Hall–Kier alpha value is -1.53. The summed E-state index contributed by atoms with van der Waals surface area (Å²) in [5, 5.41) is 5.65. The van der Waals surface area contributed by atoms with Crippen molar-refractivity contribution in [2.75, 3.05) is 18.4 Å². The summed E-state index contributed by atoms with van der Waals surface area (Å²) >= 11 is 4.20. The lowest BCUT2D eigenvalue weighted by Crippen LogP contribution is -2.48. The van der Waals surface area contributed by atoms with E-state index in [0.717, 1.165) is 23.4 Å². The molecule has 2 unspecified atom stereocenters. The quantitative estimate of drug-likeness (QED) is 0.692. The van der Waals surface area contributed by atoms with Crippen LogP contribution in [0.2, 0.25) is 0 Å². The molecule has 0 aromatic heterocycles. The van der Waals surface area contributed by atoms with Crippen LogP contribution >= 0.6 is 12.6 Å². The number of nitrogens with one attached hydrogen (secondary N) is 2. The highest BCUT2D eigenvalue weighted by atomic mass is 32.1. The predicted octanol–water partition coefficient (Wildman–Crippen LogP) is 2.68. The first-order chi connectivity index (χ1) is 11.5. The molecule has 5 nitrogen and oxygen atoms in total. The van der Waals surface area contributed by atoms with Gasteiger partial charge in [-0.3, -0.25) is 14.5 Å². The van der Waals surface area contributed by atoms with E-state index >= 15 is 0 Å². The van der Waals surface area contributed by atoms with Crippen LogP contribution in [-0.4, -0.2) is 41.9 Å². The molecule has 2 atom stereocenters. The van der Waals surface area contributed by atoms with Gasteiger partial charge in [0.15, 0.2) is 0 Å². The SMILES string of the molecule is CC1CCCC(C)N1CC(=O)NCCC(=O)Nc1ccc(S)cc1. The highest BCUT2D eigenvalue weighted by Gasteiger charge is 2.26. The molecule has 2 N–H and O–H groups in total. The third kappa shape index (κ3) is 5.83. The smallest absolute Gasteiger partial charge is 0.234 e. The van der Waals surface area contributed by atoms with Crippen molar-refractivity contribution in [1.29, 1.82) is 0 Å². The van der Waals surface area contributed by atoms with Gasteiger partial charge in [-0.15, -0.1) is 12.6 Å². The van der Waals surface area contributed by atoms with Gasteiger partial charge in [-0.2, -0.15) is 0 Å². The molecule has 1 fully saturated rings. The van der Waals surface area contributed by atoms with Crippen molar-refractivity contribution in [2.24, 2.45) is 0 Å². The molecule has 1 saturated heterocycles. The monoisotopic (exact) mass is 349 g/mol. The van der Waals surface area contributed by atoms with Crippen LogP contribution in [0.15, 0.2) is 29.2 Å². The fraction of sp³-hybridized carbons (Fsp3) is 0.556. The van der Waals surface area contributed by atoms with Gasteiger partial charge in [0.2, 0.25) is 11.8 Å². The Morgan fingerprint density at radius 3 is 2.38 bits per heavy atom. The van der Waals surface area contributed by atoms with Gasteiger partial charge in [0.25, 0.3) is 0 Å². The molecule has 132 valence electrons. The number of piperidine rings is 1. The largest absolute Gasteiger partial charge is 0.354 e. The second-order valence-electron chi connectivity index (χ2n) is 6.50. The average molecular weight is 350 g/mol. The first kappa shape index (κ1) is 18.8.